The number of aromatic amines is 1. The van der Waals surface area contributed by atoms with Crippen molar-refractivity contribution in [2.75, 3.05) is 0 Å². The molecule has 0 saturated heterocycles. The van der Waals surface area contributed by atoms with E-state index in [1.165, 1.54) is 4.88 Å². The summed E-state index contributed by atoms with van der Waals surface area (Å²) in [5, 5.41) is 4.27. The molecule has 1 atom stereocenters. The molecule has 2 N–H and O–H groups in total. The molecule has 3 aromatic rings. The summed E-state index contributed by atoms with van der Waals surface area (Å²) in [6.45, 7) is 6.81. The molecule has 0 bridgehead atoms. The highest BCUT2D eigenvalue weighted by atomic mass is 32.1. The fraction of sp³-hybridized carbons (Fsp3) is 0.333. The molecular formula is C18H21N3OS. The number of benzene rings is 1. The van der Waals surface area contributed by atoms with Gasteiger partial charge < -0.3 is 10.3 Å². The molecule has 4 nitrogen and oxygen atoms in total. The van der Waals surface area contributed by atoms with Crippen LogP contribution in [0.25, 0.3) is 10.9 Å². The molecule has 120 valence electrons. The molecule has 23 heavy (non-hydrogen) atoms. The number of pyridine rings is 1. The van der Waals surface area contributed by atoms with Gasteiger partial charge in [0.1, 0.15) is 0 Å². The Balaban J connectivity index is 1.78. The van der Waals surface area contributed by atoms with E-state index >= 15 is 0 Å². The van der Waals surface area contributed by atoms with Crippen molar-refractivity contribution in [2.45, 2.75) is 39.8 Å². The number of rotatable bonds is 5. The van der Waals surface area contributed by atoms with Crippen LogP contribution in [0.15, 0.2) is 34.7 Å². The third kappa shape index (κ3) is 3.51. The molecule has 0 aliphatic carbocycles. The third-order valence-electron chi connectivity index (χ3n) is 4.09. The lowest BCUT2D eigenvalue weighted by molar-refractivity contribution is 0.543. The van der Waals surface area contributed by atoms with Crippen LogP contribution >= 0.6 is 11.3 Å². The maximum atomic E-state index is 12.4. The van der Waals surface area contributed by atoms with E-state index in [9.17, 15) is 4.79 Å². The smallest absolute Gasteiger partial charge is 0.189 e. The maximum absolute atomic E-state index is 12.4. The predicted molar refractivity (Wildman–Crippen MR) is 96.2 cm³/mol. The van der Waals surface area contributed by atoms with E-state index in [0.29, 0.717) is 12.6 Å². The summed E-state index contributed by atoms with van der Waals surface area (Å²) in [5.41, 5.74) is 5.93. The van der Waals surface area contributed by atoms with E-state index in [1.807, 2.05) is 31.6 Å². The number of aromatic nitrogens is 2. The predicted octanol–water partition coefficient (Wildman–Crippen LogP) is 3.32. The quantitative estimate of drug-likeness (QED) is 0.756. The Hall–Kier alpha value is -1.98. The van der Waals surface area contributed by atoms with Gasteiger partial charge in [-0.2, -0.15) is 0 Å². The topological polar surface area (TPSA) is 57.8 Å². The molecule has 5 heteroatoms. The van der Waals surface area contributed by atoms with Gasteiger partial charge in [0.15, 0.2) is 5.43 Å². The van der Waals surface area contributed by atoms with Gasteiger partial charge in [-0.15, -0.1) is 11.3 Å². The monoisotopic (exact) mass is 327 g/mol. The van der Waals surface area contributed by atoms with Crippen molar-refractivity contribution >= 4 is 22.2 Å². The van der Waals surface area contributed by atoms with Crippen LogP contribution in [0.2, 0.25) is 0 Å². The Morgan fingerprint density at radius 1 is 1.30 bits per heavy atom. The number of nitrogens with one attached hydrogen (secondary N) is 2. The largest absolute Gasteiger partial charge is 0.357 e. The lowest BCUT2D eigenvalue weighted by Gasteiger charge is -2.14. The normalized spacial score (nSPS) is 12.7. The first kappa shape index (κ1) is 15.9. The molecule has 0 unspecified atom stereocenters. The van der Waals surface area contributed by atoms with Crippen molar-refractivity contribution < 1.29 is 0 Å². The Kier molecular flexibility index (Phi) is 4.59. The van der Waals surface area contributed by atoms with Crippen molar-refractivity contribution in [2.24, 2.45) is 0 Å². The van der Waals surface area contributed by atoms with Crippen molar-refractivity contribution in [3.05, 3.63) is 61.8 Å². The van der Waals surface area contributed by atoms with Gasteiger partial charge in [0, 0.05) is 40.8 Å². The number of H-pyrrole nitrogens is 1. The summed E-state index contributed by atoms with van der Waals surface area (Å²) in [6, 6.07) is 6.09. The Morgan fingerprint density at radius 2 is 2.09 bits per heavy atom. The van der Waals surface area contributed by atoms with E-state index in [4.69, 9.17) is 0 Å². The first-order chi connectivity index (χ1) is 11.0. The van der Waals surface area contributed by atoms with E-state index in [0.717, 1.165) is 34.1 Å². The van der Waals surface area contributed by atoms with E-state index in [2.05, 4.69) is 28.3 Å². The fourth-order valence-electron chi connectivity index (χ4n) is 2.81. The van der Waals surface area contributed by atoms with Crippen LogP contribution in [0.4, 0.5) is 0 Å². The first-order valence-electron chi connectivity index (χ1n) is 7.77. The Labute approximate surface area is 139 Å². The maximum Gasteiger partial charge on any atom is 0.189 e. The van der Waals surface area contributed by atoms with Gasteiger partial charge in [-0.1, -0.05) is 12.1 Å². The van der Waals surface area contributed by atoms with Crippen molar-refractivity contribution in [3.8, 4) is 0 Å². The number of fused-ring (bicyclic) bond motifs is 1. The first-order valence-corrected chi connectivity index (χ1v) is 8.65. The molecule has 0 saturated carbocycles. The summed E-state index contributed by atoms with van der Waals surface area (Å²) >= 11 is 1.67. The van der Waals surface area contributed by atoms with E-state index < -0.39 is 0 Å². The van der Waals surface area contributed by atoms with Crippen LogP contribution < -0.4 is 10.7 Å². The molecule has 0 aliphatic heterocycles. The highest BCUT2D eigenvalue weighted by molar-refractivity contribution is 7.09. The number of aryl methyl sites for hydroxylation is 2. The van der Waals surface area contributed by atoms with E-state index in [-0.39, 0.29) is 5.43 Å². The highest BCUT2D eigenvalue weighted by Crippen LogP contribution is 2.17. The van der Waals surface area contributed by atoms with Gasteiger partial charge in [0.25, 0.3) is 0 Å². The summed E-state index contributed by atoms with van der Waals surface area (Å²) in [4.78, 5) is 21.2. The highest BCUT2D eigenvalue weighted by Gasteiger charge is 2.09. The van der Waals surface area contributed by atoms with Gasteiger partial charge >= 0.3 is 0 Å². The number of thiazole rings is 1. The average Bonchev–Trinajstić information content (AvgIpc) is 3.01. The molecule has 2 heterocycles. The lowest BCUT2D eigenvalue weighted by atomic mass is 10.0. The van der Waals surface area contributed by atoms with Crippen molar-refractivity contribution in [1.82, 2.24) is 15.3 Å². The SMILES string of the molecule is Cc1ccc(C)c2c(=O)cc(CN[C@@H](C)Cc3cncs3)[nH]c12. The second-order valence-electron chi connectivity index (χ2n) is 6.06. The van der Waals surface area contributed by atoms with Crippen molar-refractivity contribution in [1.29, 1.82) is 0 Å². The standard InChI is InChI=1S/C18H21N3OS/c1-11-4-5-12(2)18-17(11)16(22)7-14(21-18)8-20-13(3)6-15-9-19-10-23-15/h4-5,7,9-10,13,20H,6,8H2,1-3H3,(H,21,22)/t13-/m0/s1. The molecular weight excluding hydrogens is 306 g/mol. The second-order valence-corrected chi connectivity index (χ2v) is 7.03. The Bertz CT molecular complexity index is 868. The number of hydrogen-bond acceptors (Lipinski definition) is 4. The van der Waals surface area contributed by atoms with Gasteiger partial charge in [0.2, 0.25) is 0 Å². The summed E-state index contributed by atoms with van der Waals surface area (Å²) < 4.78 is 0. The molecule has 2 aromatic heterocycles. The van der Waals surface area contributed by atoms with Crippen LogP contribution in [-0.4, -0.2) is 16.0 Å². The Morgan fingerprint density at radius 3 is 2.83 bits per heavy atom. The van der Waals surface area contributed by atoms with Crippen LogP contribution in [0.5, 0.6) is 0 Å². The average molecular weight is 327 g/mol. The van der Waals surface area contributed by atoms with Crippen molar-refractivity contribution in [3.63, 3.8) is 0 Å². The summed E-state index contributed by atoms with van der Waals surface area (Å²) in [6.07, 6.45) is 2.85. The molecule has 0 radical (unpaired) electrons. The van der Waals surface area contributed by atoms with Gasteiger partial charge in [-0.25, -0.2) is 0 Å². The summed E-state index contributed by atoms with van der Waals surface area (Å²) in [5.74, 6) is 0. The molecule has 0 spiro atoms. The van der Waals surface area contributed by atoms with Crippen LogP contribution in [-0.2, 0) is 13.0 Å². The fourth-order valence-corrected chi connectivity index (χ4v) is 3.54. The third-order valence-corrected chi connectivity index (χ3v) is 4.89. The minimum Gasteiger partial charge on any atom is -0.357 e. The minimum absolute atomic E-state index is 0.0897. The van der Waals surface area contributed by atoms with Crippen LogP contribution in [0, 0.1) is 13.8 Å². The minimum atomic E-state index is 0.0897. The molecule has 3 rings (SSSR count). The van der Waals surface area contributed by atoms with Gasteiger partial charge in [0.05, 0.1) is 11.0 Å². The molecule has 0 aliphatic rings. The lowest BCUT2D eigenvalue weighted by Crippen LogP contribution is -2.28. The second kappa shape index (κ2) is 6.64. The van der Waals surface area contributed by atoms with E-state index in [1.54, 1.807) is 17.4 Å². The zero-order valence-corrected chi connectivity index (χ0v) is 14.5. The molecule has 1 aromatic carbocycles. The van der Waals surface area contributed by atoms with Gasteiger partial charge in [-0.05, 0) is 38.3 Å². The van der Waals surface area contributed by atoms with Crippen LogP contribution in [0.1, 0.15) is 28.6 Å². The number of hydrogen-bond donors (Lipinski definition) is 2. The molecule has 0 fully saturated rings. The van der Waals surface area contributed by atoms with Gasteiger partial charge in [-0.3, -0.25) is 9.78 Å². The molecule has 0 amide bonds. The zero-order chi connectivity index (χ0) is 16.4. The summed E-state index contributed by atoms with van der Waals surface area (Å²) in [7, 11) is 0. The van der Waals surface area contributed by atoms with Crippen LogP contribution in [0.3, 0.4) is 0 Å². The zero-order valence-electron chi connectivity index (χ0n) is 13.6. The number of nitrogens with zero attached hydrogens (tertiary/aromatic N) is 1.